The number of anilines is 1. The number of thiophene rings is 1. The zero-order chi connectivity index (χ0) is 12.9. The molecule has 3 rings (SSSR count). The smallest absolute Gasteiger partial charge is 0.163 e. The zero-order valence-corrected chi connectivity index (χ0v) is 11.2. The first-order chi connectivity index (χ1) is 8.65. The lowest BCUT2D eigenvalue weighted by molar-refractivity contribution is 0.398. The van der Waals surface area contributed by atoms with Crippen LogP contribution in [0.2, 0.25) is 0 Å². The third-order valence-electron chi connectivity index (χ3n) is 2.97. The molecule has 18 heavy (non-hydrogen) atoms. The van der Waals surface area contributed by atoms with Gasteiger partial charge in [-0.2, -0.15) is 5.10 Å². The second-order valence-electron chi connectivity index (χ2n) is 3.99. The van der Waals surface area contributed by atoms with E-state index in [1.807, 2.05) is 19.2 Å². The van der Waals surface area contributed by atoms with Crippen LogP contribution in [0.5, 0.6) is 11.5 Å². The van der Waals surface area contributed by atoms with Crippen molar-refractivity contribution in [2.24, 2.45) is 7.05 Å². The van der Waals surface area contributed by atoms with Crippen molar-refractivity contribution in [3.05, 3.63) is 12.1 Å². The molecule has 2 N–H and O–H groups in total. The summed E-state index contributed by atoms with van der Waals surface area (Å²) in [5.41, 5.74) is 6.93. The highest BCUT2D eigenvalue weighted by molar-refractivity contribution is 7.26. The van der Waals surface area contributed by atoms with E-state index in [2.05, 4.69) is 5.10 Å². The van der Waals surface area contributed by atoms with Crippen molar-refractivity contribution in [3.63, 3.8) is 0 Å². The summed E-state index contributed by atoms with van der Waals surface area (Å²) in [5.74, 6) is 2.11. The van der Waals surface area contributed by atoms with Crippen LogP contribution in [-0.2, 0) is 7.05 Å². The monoisotopic (exact) mass is 263 g/mol. The van der Waals surface area contributed by atoms with E-state index in [9.17, 15) is 0 Å². The minimum atomic E-state index is 0.551. The van der Waals surface area contributed by atoms with Crippen molar-refractivity contribution in [2.75, 3.05) is 20.0 Å². The maximum Gasteiger partial charge on any atom is 0.163 e. The predicted octanol–water partition coefficient (Wildman–Crippen LogP) is 2.39. The van der Waals surface area contributed by atoms with Crippen LogP contribution >= 0.6 is 11.3 Å². The van der Waals surface area contributed by atoms with Gasteiger partial charge in [0, 0.05) is 18.5 Å². The molecule has 5 nitrogen and oxygen atoms in total. The van der Waals surface area contributed by atoms with Crippen molar-refractivity contribution < 1.29 is 9.47 Å². The molecule has 0 unspecified atom stereocenters. The molecular weight excluding hydrogens is 250 g/mol. The Bertz CT molecular complexity index is 745. The summed E-state index contributed by atoms with van der Waals surface area (Å²) in [6.07, 6.45) is 0. The minimum Gasteiger partial charge on any atom is -0.497 e. The van der Waals surface area contributed by atoms with Crippen LogP contribution in [0.1, 0.15) is 0 Å². The topological polar surface area (TPSA) is 62.3 Å². The first kappa shape index (κ1) is 11.2. The number of fused-ring (bicyclic) bond motifs is 3. The molecule has 6 heteroatoms. The zero-order valence-electron chi connectivity index (χ0n) is 10.4. The molecule has 0 radical (unpaired) electrons. The SMILES string of the molecule is COc1cc(OC)c2sc3c(N)nn(C)c3c2c1. The lowest BCUT2D eigenvalue weighted by Crippen LogP contribution is -1.93. The summed E-state index contributed by atoms with van der Waals surface area (Å²) in [5, 5.41) is 5.29. The Hall–Kier alpha value is -1.95. The maximum atomic E-state index is 5.91. The highest BCUT2D eigenvalue weighted by Crippen LogP contribution is 2.43. The summed E-state index contributed by atoms with van der Waals surface area (Å²) < 4.78 is 14.5. The summed E-state index contributed by atoms with van der Waals surface area (Å²) in [7, 11) is 5.18. The number of aromatic nitrogens is 2. The highest BCUT2D eigenvalue weighted by Gasteiger charge is 2.17. The van der Waals surface area contributed by atoms with E-state index in [1.165, 1.54) is 0 Å². The van der Waals surface area contributed by atoms with Crippen LogP contribution < -0.4 is 15.2 Å². The van der Waals surface area contributed by atoms with Crippen LogP contribution in [0.3, 0.4) is 0 Å². The van der Waals surface area contributed by atoms with Crippen molar-refractivity contribution in [2.45, 2.75) is 0 Å². The van der Waals surface area contributed by atoms with Crippen LogP contribution in [0.25, 0.3) is 20.3 Å². The van der Waals surface area contributed by atoms with Gasteiger partial charge in [-0.15, -0.1) is 11.3 Å². The molecule has 0 spiro atoms. The molecule has 2 aromatic heterocycles. The Kier molecular flexibility index (Phi) is 2.34. The lowest BCUT2D eigenvalue weighted by atomic mass is 10.2. The Labute approximate surface area is 108 Å². The Morgan fingerprint density at radius 1 is 1.22 bits per heavy atom. The van der Waals surface area contributed by atoms with Gasteiger partial charge in [-0.3, -0.25) is 4.68 Å². The summed E-state index contributed by atoms with van der Waals surface area (Å²) in [6.45, 7) is 0. The van der Waals surface area contributed by atoms with Crippen molar-refractivity contribution in [1.29, 1.82) is 0 Å². The van der Waals surface area contributed by atoms with Gasteiger partial charge in [0.25, 0.3) is 0 Å². The molecule has 0 fully saturated rings. The first-order valence-electron chi connectivity index (χ1n) is 5.42. The molecule has 94 valence electrons. The normalized spacial score (nSPS) is 11.3. The van der Waals surface area contributed by atoms with Gasteiger partial charge in [0.05, 0.1) is 29.1 Å². The summed E-state index contributed by atoms with van der Waals surface area (Å²) in [4.78, 5) is 0. The lowest BCUT2D eigenvalue weighted by Gasteiger charge is -2.05. The number of methoxy groups -OCH3 is 2. The molecule has 0 bridgehead atoms. The first-order valence-corrected chi connectivity index (χ1v) is 6.24. The largest absolute Gasteiger partial charge is 0.497 e. The molecule has 0 aliphatic rings. The fourth-order valence-electron chi connectivity index (χ4n) is 2.15. The second-order valence-corrected chi connectivity index (χ2v) is 5.02. The maximum absolute atomic E-state index is 5.91. The van der Waals surface area contributed by atoms with E-state index in [0.29, 0.717) is 5.82 Å². The van der Waals surface area contributed by atoms with E-state index >= 15 is 0 Å². The average molecular weight is 263 g/mol. The van der Waals surface area contributed by atoms with E-state index in [4.69, 9.17) is 15.2 Å². The molecule has 2 heterocycles. The van der Waals surface area contributed by atoms with E-state index in [-0.39, 0.29) is 0 Å². The van der Waals surface area contributed by atoms with Crippen LogP contribution in [-0.4, -0.2) is 24.0 Å². The molecule has 0 aliphatic carbocycles. The molecule has 1 aromatic carbocycles. The average Bonchev–Trinajstić information content (AvgIpc) is 2.87. The molecule has 0 saturated heterocycles. The number of aryl methyl sites for hydroxylation is 1. The minimum absolute atomic E-state index is 0.551. The van der Waals surface area contributed by atoms with Gasteiger partial charge in [-0.1, -0.05) is 0 Å². The van der Waals surface area contributed by atoms with Crippen molar-refractivity contribution in [3.8, 4) is 11.5 Å². The molecule has 0 atom stereocenters. The Morgan fingerprint density at radius 3 is 2.67 bits per heavy atom. The number of ether oxygens (including phenoxy) is 2. The summed E-state index contributed by atoms with van der Waals surface area (Å²) in [6, 6.07) is 3.86. The van der Waals surface area contributed by atoms with Crippen LogP contribution in [0.4, 0.5) is 5.82 Å². The molecule has 0 saturated carbocycles. The van der Waals surface area contributed by atoms with Crippen LogP contribution in [0, 0.1) is 0 Å². The molecule has 0 aliphatic heterocycles. The third kappa shape index (κ3) is 1.35. The number of rotatable bonds is 2. The van der Waals surface area contributed by atoms with Gasteiger partial charge >= 0.3 is 0 Å². The quantitative estimate of drug-likeness (QED) is 0.771. The number of nitrogens with two attached hydrogens (primary N) is 1. The number of benzene rings is 1. The fraction of sp³-hybridized carbons (Fsp3) is 0.250. The van der Waals surface area contributed by atoms with Gasteiger partial charge in [0.15, 0.2) is 5.82 Å². The van der Waals surface area contributed by atoms with Gasteiger partial charge in [0.1, 0.15) is 11.5 Å². The second kappa shape index (κ2) is 3.78. The van der Waals surface area contributed by atoms with Gasteiger partial charge in [-0.25, -0.2) is 0 Å². The highest BCUT2D eigenvalue weighted by atomic mass is 32.1. The fourth-order valence-corrected chi connectivity index (χ4v) is 3.35. The van der Waals surface area contributed by atoms with E-state index in [1.54, 1.807) is 30.2 Å². The number of hydrogen-bond donors (Lipinski definition) is 1. The van der Waals surface area contributed by atoms with Gasteiger partial charge < -0.3 is 15.2 Å². The van der Waals surface area contributed by atoms with Crippen LogP contribution in [0.15, 0.2) is 12.1 Å². The number of hydrogen-bond acceptors (Lipinski definition) is 5. The number of nitrogens with zero attached hydrogens (tertiary/aromatic N) is 2. The molecule has 3 aromatic rings. The Morgan fingerprint density at radius 2 is 2.00 bits per heavy atom. The molecule has 0 amide bonds. The van der Waals surface area contributed by atoms with Crippen molar-refractivity contribution in [1.82, 2.24) is 9.78 Å². The van der Waals surface area contributed by atoms with Gasteiger partial charge in [-0.05, 0) is 6.07 Å². The summed E-state index contributed by atoms with van der Waals surface area (Å²) >= 11 is 1.59. The van der Waals surface area contributed by atoms with Crippen molar-refractivity contribution >= 4 is 37.5 Å². The predicted molar refractivity (Wildman–Crippen MR) is 73.6 cm³/mol. The standard InChI is InChI=1S/C12H13N3O2S/c1-15-9-7-4-6(16-2)5-8(17-3)10(7)18-11(9)12(13)14-15/h4-5H,1-3H3,(H2,13,14). The van der Waals surface area contributed by atoms with E-state index in [0.717, 1.165) is 31.8 Å². The Balaban J connectivity index is 2.51. The third-order valence-corrected chi connectivity index (χ3v) is 4.20. The molecular formula is C12H13N3O2S. The number of nitrogen functional groups attached to an aromatic ring is 1. The van der Waals surface area contributed by atoms with E-state index < -0.39 is 0 Å². The van der Waals surface area contributed by atoms with Gasteiger partial charge in [0.2, 0.25) is 0 Å².